The topological polar surface area (TPSA) is 57.6 Å². The maximum atomic E-state index is 11.3. The highest BCUT2D eigenvalue weighted by atomic mass is 32.2. The van der Waals surface area contributed by atoms with E-state index in [9.17, 15) is 13.5 Å². The molecule has 0 spiro atoms. The van der Waals surface area contributed by atoms with Gasteiger partial charge in [-0.1, -0.05) is 0 Å². The van der Waals surface area contributed by atoms with Gasteiger partial charge in [0, 0.05) is 25.0 Å². The van der Waals surface area contributed by atoms with Gasteiger partial charge in [0.2, 0.25) is 0 Å². The van der Waals surface area contributed by atoms with E-state index in [1.54, 1.807) is 24.3 Å². The van der Waals surface area contributed by atoms with E-state index < -0.39 is 9.84 Å². The van der Waals surface area contributed by atoms with Crippen LogP contribution >= 0.6 is 0 Å². The second kappa shape index (κ2) is 4.07. The van der Waals surface area contributed by atoms with Crippen LogP contribution in [0.1, 0.15) is 6.42 Å². The molecule has 1 fully saturated rings. The molecular formula is C11H15NO3S. The van der Waals surface area contributed by atoms with Gasteiger partial charge in [-0.15, -0.1) is 0 Å². The first kappa shape index (κ1) is 11.4. The highest BCUT2D eigenvalue weighted by Gasteiger charge is 2.20. The van der Waals surface area contributed by atoms with Crippen LogP contribution in [0.4, 0.5) is 5.69 Å². The minimum absolute atomic E-state index is 0.269. The highest BCUT2D eigenvalue weighted by Crippen LogP contribution is 2.22. The Morgan fingerprint density at radius 2 is 1.94 bits per heavy atom. The molecule has 0 amide bonds. The van der Waals surface area contributed by atoms with Crippen molar-refractivity contribution < 1.29 is 13.5 Å². The average Bonchev–Trinajstić information content (AvgIpc) is 2.64. The maximum Gasteiger partial charge on any atom is 0.175 e. The predicted octanol–water partition coefficient (Wildman–Crippen LogP) is 0.661. The van der Waals surface area contributed by atoms with Crippen molar-refractivity contribution in [2.45, 2.75) is 17.4 Å². The van der Waals surface area contributed by atoms with E-state index in [1.165, 1.54) is 6.26 Å². The largest absolute Gasteiger partial charge is 0.391 e. The van der Waals surface area contributed by atoms with Crippen LogP contribution in [0.2, 0.25) is 0 Å². The monoisotopic (exact) mass is 241 g/mol. The molecule has 0 radical (unpaired) electrons. The Labute approximate surface area is 95.4 Å². The first-order valence-corrected chi connectivity index (χ1v) is 7.09. The third kappa shape index (κ3) is 2.36. The summed E-state index contributed by atoms with van der Waals surface area (Å²) in [7, 11) is -3.12. The van der Waals surface area contributed by atoms with Crippen LogP contribution in [0.5, 0.6) is 0 Å². The number of anilines is 1. The van der Waals surface area contributed by atoms with Crippen molar-refractivity contribution in [2.24, 2.45) is 0 Å². The molecule has 4 nitrogen and oxygen atoms in total. The number of rotatable bonds is 2. The van der Waals surface area contributed by atoms with Crippen LogP contribution in [0, 0.1) is 0 Å². The Kier molecular flexibility index (Phi) is 2.90. The van der Waals surface area contributed by atoms with Crippen molar-refractivity contribution in [3.63, 3.8) is 0 Å². The van der Waals surface area contributed by atoms with E-state index >= 15 is 0 Å². The fourth-order valence-electron chi connectivity index (χ4n) is 1.88. The van der Waals surface area contributed by atoms with Gasteiger partial charge in [-0.3, -0.25) is 0 Å². The van der Waals surface area contributed by atoms with Gasteiger partial charge < -0.3 is 10.0 Å². The highest BCUT2D eigenvalue weighted by molar-refractivity contribution is 7.90. The zero-order valence-electron chi connectivity index (χ0n) is 9.13. The van der Waals surface area contributed by atoms with Gasteiger partial charge >= 0.3 is 0 Å². The molecular weight excluding hydrogens is 226 g/mol. The van der Waals surface area contributed by atoms with Crippen LogP contribution in [0.3, 0.4) is 0 Å². The van der Waals surface area contributed by atoms with Gasteiger partial charge in [-0.25, -0.2) is 8.42 Å². The lowest BCUT2D eigenvalue weighted by Crippen LogP contribution is -2.20. The van der Waals surface area contributed by atoms with Gasteiger partial charge in [0.15, 0.2) is 9.84 Å². The van der Waals surface area contributed by atoms with Gasteiger partial charge in [-0.05, 0) is 30.7 Å². The number of aliphatic hydroxyl groups excluding tert-OH is 1. The number of sulfone groups is 1. The third-order valence-electron chi connectivity index (χ3n) is 2.79. The number of nitrogens with zero attached hydrogens (tertiary/aromatic N) is 1. The predicted molar refractivity (Wildman–Crippen MR) is 62.4 cm³/mol. The molecule has 1 heterocycles. The fourth-order valence-corrected chi connectivity index (χ4v) is 2.51. The Balaban J connectivity index is 2.20. The van der Waals surface area contributed by atoms with Crippen LogP contribution in [0.25, 0.3) is 0 Å². The van der Waals surface area contributed by atoms with Crippen LogP contribution in [-0.4, -0.2) is 39.0 Å². The summed E-state index contributed by atoms with van der Waals surface area (Å²) in [5.74, 6) is 0. The van der Waals surface area contributed by atoms with Crippen molar-refractivity contribution in [2.75, 3.05) is 24.2 Å². The van der Waals surface area contributed by atoms with E-state index in [4.69, 9.17) is 0 Å². The smallest absolute Gasteiger partial charge is 0.175 e. The Bertz CT molecular complexity index is 467. The number of aliphatic hydroxyl groups is 1. The first-order valence-electron chi connectivity index (χ1n) is 5.20. The molecule has 5 heteroatoms. The summed E-state index contributed by atoms with van der Waals surface area (Å²) in [4.78, 5) is 2.38. The van der Waals surface area contributed by atoms with Gasteiger partial charge in [-0.2, -0.15) is 0 Å². The molecule has 16 heavy (non-hydrogen) atoms. The van der Waals surface area contributed by atoms with E-state index in [0.717, 1.165) is 18.7 Å². The molecule has 1 aromatic rings. The van der Waals surface area contributed by atoms with Gasteiger partial charge in [0.1, 0.15) is 0 Å². The standard InChI is InChI=1S/C11H15NO3S/c1-16(14,15)11-4-2-9(3-5-11)12-7-6-10(13)8-12/h2-5,10,13H,6-8H2,1H3. The third-order valence-corrected chi connectivity index (χ3v) is 3.92. The van der Waals surface area contributed by atoms with Crippen molar-refractivity contribution >= 4 is 15.5 Å². The van der Waals surface area contributed by atoms with Gasteiger partial charge in [0.25, 0.3) is 0 Å². The summed E-state index contributed by atoms with van der Waals surface area (Å²) >= 11 is 0. The molecule has 1 unspecified atom stereocenters. The SMILES string of the molecule is CS(=O)(=O)c1ccc(N2CCC(O)C2)cc1. The molecule has 0 aliphatic carbocycles. The average molecular weight is 241 g/mol. The molecule has 2 rings (SSSR count). The summed E-state index contributed by atoms with van der Waals surface area (Å²) in [6.07, 6.45) is 1.70. The second-order valence-corrected chi connectivity index (χ2v) is 6.17. The normalized spacial score (nSPS) is 21.4. The fraction of sp³-hybridized carbons (Fsp3) is 0.455. The molecule has 1 aromatic carbocycles. The summed E-state index contributed by atoms with van der Waals surface area (Å²) < 4.78 is 22.5. The lowest BCUT2D eigenvalue weighted by molar-refractivity contribution is 0.198. The van der Waals surface area contributed by atoms with Crippen LogP contribution < -0.4 is 4.90 Å². The Morgan fingerprint density at radius 3 is 2.38 bits per heavy atom. The number of benzene rings is 1. The van der Waals surface area contributed by atoms with Crippen molar-refractivity contribution in [1.29, 1.82) is 0 Å². The molecule has 0 saturated carbocycles. The number of hydrogen-bond donors (Lipinski definition) is 1. The quantitative estimate of drug-likeness (QED) is 0.826. The molecule has 1 atom stereocenters. The maximum absolute atomic E-state index is 11.3. The Hall–Kier alpha value is -1.07. The Morgan fingerprint density at radius 1 is 1.31 bits per heavy atom. The zero-order chi connectivity index (χ0) is 11.8. The molecule has 0 bridgehead atoms. The molecule has 1 aliphatic rings. The lowest BCUT2D eigenvalue weighted by Gasteiger charge is -2.17. The number of hydrogen-bond acceptors (Lipinski definition) is 4. The lowest BCUT2D eigenvalue weighted by atomic mass is 10.3. The van der Waals surface area contributed by atoms with E-state index in [-0.39, 0.29) is 6.10 Å². The van der Waals surface area contributed by atoms with Crippen LogP contribution in [0.15, 0.2) is 29.2 Å². The van der Waals surface area contributed by atoms with Crippen LogP contribution in [-0.2, 0) is 9.84 Å². The summed E-state index contributed by atoms with van der Waals surface area (Å²) in [6.45, 7) is 1.44. The summed E-state index contributed by atoms with van der Waals surface area (Å²) in [6, 6.07) is 6.79. The van der Waals surface area contributed by atoms with Crippen molar-refractivity contribution in [3.05, 3.63) is 24.3 Å². The first-order chi connectivity index (χ1) is 7.47. The van der Waals surface area contributed by atoms with E-state index in [0.29, 0.717) is 11.4 Å². The molecule has 1 saturated heterocycles. The van der Waals surface area contributed by atoms with Crippen molar-refractivity contribution in [3.8, 4) is 0 Å². The second-order valence-electron chi connectivity index (χ2n) is 4.15. The van der Waals surface area contributed by atoms with Crippen molar-refractivity contribution in [1.82, 2.24) is 0 Å². The molecule has 0 aromatic heterocycles. The minimum Gasteiger partial charge on any atom is -0.391 e. The summed E-state index contributed by atoms with van der Waals surface area (Å²) in [5, 5.41) is 9.41. The molecule has 1 aliphatic heterocycles. The minimum atomic E-state index is -3.12. The van der Waals surface area contributed by atoms with E-state index in [2.05, 4.69) is 4.90 Å². The number of β-amino-alcohol motifs (C(OH)–C–C–N with tert-alkyl or cyclic N) is 1. The zero-order valence-corrected chi connectivity index (χ0v) is 9.94. The van der Waals surface area contributed by atoms with Gasteiger partial charge in [0.05, 0.1) is 11.0 Å². The molecule has 1 N–H and O–H groups in total. The summed E-state index contributed by atoms with van der Waals surface area (Å²) in [5.41, 5.74) is 0.962. The van der Waals surface area contributed by atoms with E-state index in [1.807, 2.05) is 0 Å². The molecule has 88 valence electrons.